The predicted molar refractivity (Wildman–Crippen MR) is 142 cm³/mol. The summed E-state index contributed by atoms with van der Waals surface area (Å²) in [6, 6.07) is 0. The van der Waals surface area contributed by atoms with Gasteiger partial charge in [-0.1, -0.05) is 124 Å². The smallest absolute Gasteiger partial charge is 0.303 e. The number of aliphatic hydroxyl groups excluding tert-OH is 2. The van der Waals surface area contributed by atoms with E-state index in [9.17, 15) is 25.2 Å². The van der Waals surface area contributed by atoms with Crippen LogP contribution in [0.15, 0.2) is 0 Å². The van der Waals surface area contributed by atoms with Crippen LogP contribution in [0.1, 0.15) is 149 Å². The molecule has 0 heterocycles. The number of rotatable bonds is 25. The minimum Gasteiger partial charge on any atom is -0.481 e. The molecule has 5 heteroatoms. The van der Waals surface area contributed by atoms with Crippen molar-refractivity contribution in [2.45, 2.75) is 161 Å². The first-order chi connectivity index (χ1) is 16.3. The van der Waals surface area contributed by atoms with Crippen molar-refractivity contribution in [3.8, 4) is 0 Å². The monoisotopic (exact) mass is 486 g/mol. The molecule has 0 fully saturated rings. The molecule has 0 aliphatic heterocycles. The van der Waals surface area contributed by atoms with Crippen LogP contribution in [0.25, 0.3) is 0 Å². The predicted octanol–water partition coefficient (Wildman–Crippen LogP) is 7.25. The zero-order valence-corrected chi connectivity index (χ0v) is 22.8. The average molecular weight is 487 g/mol. The number of aliphatic carboxylic acids is 1. The summed E-state index contributed by atoms with van der Waals surface area (Å²) in [6.07, 6.45) is 19.4. The molecule has 0 spiro atoms. The maximum atomic E-state index is 11.7. The van der Waals surface area contributed by atoms with E-state index in [0.717, 1.165) is 38.5 Å². The van der Waals surface area contributed by atoms with Crippen LogP contribution in [0.2, 0.25) is 0 Å². The average Bonchev–Trinajstić information content (AvgIpc) is 2.82. The second-order valence-corrected chi connectivity index (χ2v) is 10.6. The summed E-state index contributed by atoms with van der Waals surface area (Å²) in [6.45, 7) is 5.88. The van der Waals surface area contributed by atoms with Gasteiger partial charge in [0.1, 0.15) is 6.10 Å². The van der Waals surface area contributed by atoms with E-state index in [0.29, 0.717) is 6.42 Å². The lowest BCUT2D eigenvalue weighted by Gasteiger charge is -2.42. The summed E-state index contributed by atoms with van der Waals surface area (Å²) < 4.78 is 0. The zero-order chi connectivity index (χ0) is 25.7. The maximum absolute atomic E-state index is 11.7. The molecule has 4 N–H and O–H groups in total. The number of carbonyl (C=O) groups is 1. The summed E-state index contributed by atoms with van der Waals surface area (Å²) >= 11 is 0. The van der Waals surface area contributed by atoms with E-state index in [1.165, 1.54) is 70.6 Å². The standard InChI is InChI=1S/C29H58O5/c1-4-7-9-11-13-14-15-17-19-21-26(20-18-16-12-10-8-5-2)29(34,27(31)24-30)23-25(6-3)22-28(32)33/h25-27,30-31,34H,4-24H2,1-3H3,(H,32,33)/t25?,26?,27?,29-/m0/s1. The second kappa shape index (κ2) is 21.6. The Morgan fingerprint density at radius 1 is 0.735 bits per heavy atom. The SMILES string of the molecule is CCCCCCCCCCCC(CCCCCCCC)[C@@](O)(CC(CC)CC(=O)O)C(O)CO. The highest BCUT2D eigenvalue weighted by atomic mass is 16.4. The minimum absolute atomic E-state index is 0.0152. The Kier molecular flexibility index (Phi) is 21.2. The molecule has 0 rings (SSSR count). The highest BCUT2D eigenvalue weighted by molar-refractivity contribution is 5.67. The van der Waals surface area contributed by atoms with Crippen LogP contribution in [0, 0.1) is 11.8 Å². The van der Waals surface area contributed by atoms with Gasteiger partial charge in [-0.15, -0.1) is 0 Å². The quantitative estimate of drug-likeness (QED) is 0.102. The number of carboxylic acids is 1. The molecule has 5 nitrogen and oxygen atoms in total. The second-order valence-electron chi connectivity index (χ2n) is 10.6. The largest absolute Gasteiger partial charge is 0.481 e. The molecule has 0 bridgehead atoms. The number of carboxylic acid groups (broad SMARTS) is 1. The first-order valence-electron chi connectivity index (χ1n) is 14.6. The summed E-state index contributed by atoms with van der Waals surface area (Å²) in [5, 5.41) is 41.5. The Labute approximate surface area is 210 Å². The van der Waals surface area contributed by atoms with E-state index in [2.05, 4.69) is 13.8 Å². The van der Waals surface area contributed by atoms with E-state index >= 15 is 0 Å². The lowest BCUT2D eigenvalue weighted by atomic mass is 9.71. The Balaban J connectivity index is 5.02. The van der Waals surface area contributed by atoms with Crippen LogP contribution in [-0.4, -0.2) is 44.7 Å². The van der Waals surface area contributed by atoms with Gasteiger partial charge in [-0.25, -0.2) is 0 Å². The van der Waals surface area contributed by atoms with Crippen molar-refractivity contribution in [2.75, 3.05) is 6.61 Å². The van der Waals surface area contributed by atoms with Crippen LogP contribution in [0.4, 0.5) is 0 Å². The zero-order valence-electron chi connectivity index (χ0n) is 22.8. The molecule has 0 amide bonds. The first-order valence-corrected chi connectivity index (χ1v) is 14.6. The fourth-order valence-corrected chi connectivity index (χ4v) is 5.32. The van der Waals surface area contributed by atoms with Crippen molar-refractivity contribution < 1.29 is 25.2 Å². The fraction of sp³-hybridized carbons (Fsp3) is 0.966. The molecule has 0 aliphatic carbocycles. The molecule has 0 aliphatic rings. The van der Waals surface area contributed by atoms with Gasteiger partial charge in [0.25, 0.3) is 0 Å². The number of aliphatic hydroxyl groups is 3. The van der Waals surface area contributed by atoms with Gasteiger partial charge in [-0.2, -0.15) is 0 Å². The van der Waals surface area contributed by atoms with E-state index in [1.807, 2.05) is 6.92 Å². The molecular formula is C29H58O5. The molecule has 34 heavy (non-hydrogen) atoms. The van der Waals surface area contributed by atoms with Crippen LogP contribution < -0.4 is 0 Å². The normalized spacial score (nSPS) is 16.2. The maximum Gasteiger partial charge on any atom is 0.303 e. The van der Waals surface area contributed by atoms with Crippen LogP contribution in [0.3, 0.4) is 0 Å². The molecule has 0 aromatic heterocycles. The summed E-state index contributed by atoms with van der Waals surface area (Å²) in [5.41, 5.74) is -1.44. The van der Waals surface area contributed by atoms with E-state index in [4.69, 9.17) is 0 Å². The van der Waals surface area contributed by atoms with Gasteiger partial charge in [-0.05, 0) is 31.1 Å². The molecular weight excluding hydrogens is 428 g/mol. The molecule has 204 valence electrons. The molecule has 0 aromatic carbocycles. The van der Waals surface area contributed by atoms with E-state index < -0.39 is 24.3 Å². The molecule has 0 saturated heterocycles. The van der Waals surface area contributed by atoms with Crippen molar-refractivity contribution in [2.24, 2.45) is 11.8 Å². The van der Waals surface area contributed by atoms with Crippen LogP contribution in [-0.2, 0) is 4.79 Å². The summed E-state index contributed by atoms with van der Waals surface area (Å²) in [5.74, 6) is -1.20. The molecule has 0 radical (unpaired) electrons. The summed E-state index contributed by atoms with van der Waals surface area (Å²) in [7, 11) is 0. The van der Waals surface area contributed by atoms with Crippen molar-refractivity contribution in [1.82, 2.24) is 0 Å². The van der Waals surface area contributed by atoms with Gasteiger partial charge < -0.3 is 20.4 Å². The van der Waals surface area contributed by atoms with Crippen molar-refractivity contribution in [3.05, 3.63) is 0 Å². The molecule has 4 atom stereocenters. The number of hydrogen-bond donors (Lipinski definition) is 4. The van der Waals surface area contributed by atoms with Gasteiger partial charge in [-0.3, -0.25) is 4.79 Å². The van der Waals surface area contributed by atoms with Gasteiger partial charge in [0.15, 0.2) is 0 Å². The van der Waals surface area contributed by atoms with Gasteiger partial charge in [0, 0.05) is 6.42 Å². The van der Waals surface area contributed by atoms with E-state index in [-0.39, 0.29) is 24.7 Å². The third kappa shape index (κ3) is 15.4. The molecule has 3 unspecified atom stereocenters. The van der Waals surface area contributed by atoms with Crippen LogP contribution in [0.5, 0.6) is 0 Å². The fourth-order valence-electron chi connectivity index (χ4n) is 5.32. The molecule has 0 aromatic rings. The highest BCUT2D eigenvalue weighted by Gasteiger charge is 2.43. The lowest BCUT2D eigenvalue weighted by Crippen LogP contribution is -2.52. The Hall–Kier alpha value is -0.650. The van der Waals surface area contributed by atoms with Crippen molar-refractivity contribution >= 4 is 5.97 Å². The number of unbranched alkanes of at least 4 members (excludes halogenated alkanes) is 13. The number of hydrogen-bond acceptors (Lipinski definition) is 4. The Morgan fingerprint density at radius 2 is 1.15 bits per heavy atom. The Bertz CT molecular complexity index is 469. The van der Waals surface area contributed by atoms with E-state index in [1.54, 1.807) is 0 Å². The van der Waals surface area contributed by atoms with Gasteiger partial charge in [0.2, 0.25) is 0 Å². The molecule has 0 saturated carbocycles. The highest BCUT2D eigenvalue weighted by Crippen LogP contribution is 2.38. The lowest BCUT2D eigenvalue weighted by molar-refractivity contribution is -0.151. The topological polar surface area (TPSA) is 98.0 Å². The third-order valence-corrected chi connectivity index (χ3v) is 7.68. The Morgan fingerprint density at radius 3 is 1.50 bits per heavy atom. The minimum atomic E-state index is -1.44. The van der Waals surface area contributed by atoms with Crippen molar-refractivity contribution in [3.63, 3.8) is 0 Å². The van der Waals surface area contributed by atoms with Gasteiger partial charge in [0.05, 0.1) is 12.2 Å². The van der Waals surface area contributed by atoms with Crippen LogP contribution >= 0.6 is 0 Å². The van der Waals surface area contributed by atoms with Gasteiger partial charge >= 0.3 is 5.97 Å². The van der Waals surface area contributed by atoms with Crippen molar-refractivity contribution in [1.29, 1.82) is 0 Å². The summed E-state index contributed by atoms with van der Waals surface area (Å²) in [4.78, 5) is 11.3. The first kappa shape index (κ1) is 33.4. The third-order valence-electron chi connectivity index (χ3n) is 7.68.